The van der Waals surface area contributed by atoms with Gasteiger partial charge in [-0.2, -0.15) is 0 Å². The van der Waals surface area contributed by atoms with E-state index in [9.17, 15) is 9.59 Å². The molecule has 0 radical (unpaired) electrons. The van der Waals surface area contributed by atoms with Gasteiger partial charge in [-0.3, -0.25) is 4.79 Å². The van der Waals surface area contributed by atoms with Gasteiger partial charge in [-0.25, -0.2) is 4.79 Å². The molecule has 2 rings (SSSR count). The Bertz CT molecular complexity index is 560. The molecule has 1 aliphatic rings. The lowest BCUT2D eigenvalue weighted by Gasteiger charge is -2.23. The number of urea groups is 1. The average Bonchev–Trinajstić information content (AvgIpc) is 2.81. The van der Waals surface area contributed by atoms with Crippen LogP contribution < -0.4 is 5.32 Å². The molecular formula is C18H27N3O2S. The van der Waals surface area contributed by atoms with Gasteiger partial charge in [0, 0.05) is 37.1 Å². The zero-order valence-electron chi connectivity index (χ0n) is 14.7. The number of amides is 3. The highest BCUT2D eigenvalue weighted by Crippen LogP contribution is 2.16. The third kappa shape index (κ3) is 5.44. The number of carbonyl (C=O) groups excluding carboxylic acids is 2. The van der Waals surface area contributed by atoms with Crippen molar-refractivity contribution in [2.45, 2.75) is 37.6 Å². The van der Waals surface area contributed by atoms with Gasteiger partial charge in [-0.15, -0.1) is 11.8 Å². The number of nitrogens with zero attached hydrogens (tertiary/aromatic N) is 2. The largest absolute Gasteiger partial charge is 0.341 e. The maximum atomic E-state index is 12.5. The number of benzene rings is 1. The maximum Gasteiger partial charge on any atom is 0.317 e. The van der Waals surface area contributed by atoms with Crippen molar-refractivity contribution in [1.82, 2.24) is 15.1 Å². The molecule has 1 aliphatic heterocycles. The number of carbonyl (C=O) groups is 2. The highest BCUT2D eigenvalue weighted by Gasteiger charge is 2.22. The van der Waals surface area contributed by atoms with Crippen molar-refractivity contribution in [2.24, 2.45) is 0 Å². The van der Waals surface area contributed by atoms with Crippen molar-refractivity contribution in [3.63, 3.8) is 0 Å². The van der Waals surface area contributed by atoms with Crippen LogP contribution in [-0.4, -0.2) is 60.2 Å². The number of hydrogen-bond acceptors (Lipinski definition) is 3. The molecule has 0 saturated carbocycles. The summed E-state index contributed by atoms with van der Waals surface area (Å²) in [6, 6.07) is 8.23. The molecule has 0 bridgehead atoms. The molecule has 1 heterocycles. The molecule has 1 aromatic rings. The van der Waals surface area contributed by atoms with E-state index in [2.05, 4.69) is 5.32 Å². The first-order valence-electron chi connectivity index (χ1n) is 8.45. The van der Waals surface area contributed by atoms with Crippen LogP contribution in [0.25, 0.3) is 0 Å². The molecule has 1 N–H and O–H groups in total. The second-order valence-electron chi connectivity index (χ2n) is 6.35. The molecule has 0 spiro atoms. The Morgan fingerprint density at radius 2 is 1.71 bits per heavy atom. The van der Waals surface area contributed by atoms with Gasteiger partial charge in [0.25, 0.3) is 0 Å². The minimum absolute atomic E-state index is 0.0352. The first kappa shape index (κ1) is 18.6. The molecule has 0 aromatic heterocycles. The van der Waals surface area contributed by atoms with Gasteiger partial charge in [-0.1, -0.05) is 12.1 Å². The monoisotopic (exact) mass is 349 g/mol. The Kier molecular flexibility index (Phi) is 6.97. The zero-order valence-corrected chi connectivity index (χ0v) is 15.6. The van der Waals surface area contributed by atoms with Gasteiger partial charge in [0.1, 0.15) is 0 Å². The lowest BCUT2D eigenvalue weighted by Crippen LogP contribution is -2.45. The summed E-state index contributed by atoms with van der Waals surface area (Å²) in [4.78, 5) is 29.5. The van der Waals surface area contributed by atoms with Crippen LogP contribution in [0.2, 0.25) is 0 Å². The normalized spacial score (nSPS) is 15.3. The van der Waals surface area contributed by atoms with Crippen molar-refractivity contribution in [3.8, 4) is 0 Å². The van der Waals surface area contributed by atoms with E-state index in [4.69, 9.17) is 0 Å². The molecule has 5 nitrogen and oxygen atoms in total. The number of thioether (sulfide) groups is 1. The summed E-state index contributed by atoms with van der Waals surface area (Å²) in [5, 5.41) is 2.92. The van der Waals surface area contributed by atoms with Crippen LogP contribution in [0.15, 0.2) is 29.2 Å². The Hall–Kier alpha value is -1.69. The minimum atomic E-state index is -0.0352. The molecule has 0 aliphatic carbocycles. The standard InChI is InChI=1S/C18H27N3O2S/c1-14(2)19-18(23)21-10-4-9-20(11-12-21)17(22)13-15-5-7-16(24-3)8-6-15/h5-8,14H,4,9-13H2,1-3H3,(H,19,23). The molecule has 6 heteroatoms. The number of rotatable bonds is 4. The fraction of sp³-hybridized carbons (Fsp3) is 0.556. The van der Waals surface area contributed by atoms with Gasteiger partial charge in [0.2, 0.25) is 5.91 Å². The van der Waals surface area contributed by atoms with Crippen LogP contribution in [0.1, 0.15) is 25.8 Å². The Morgan fingerprint density at radius 1 is 1.08 bits per heavy atom. The van der Waals surface area contributed by atoms with E-state index in [1.165, 1.54) is 4.90 Å². The van der Waals surface area contributed by atoms with E-state index in [-0.39, 0.29) is 18.0 Å². The molecular weight excluding hydrogens is 322 g/mol. The molecule has 132 valence electrons. The highest BCUT2D eigenvalue weighted by atomic mass is 32.2. The smallest absolute Gasteiger partial charge is 0.317 e. The van der Waals surface area contributed by atoms with Crippen LogP contribution in [0.5, 0.6) is 0 Å². The van der Waals surface area contributed by atoms with Crippen molar-refractivity contribution >= 4 is 23.7 Å². The average molecular weight is 350 g/mol. The van der Waals surface area contributed by atoms with E-state index in [1.54, 1.807) is 16.7 Å². The summed E-state index contributed by atoms with van der Waals surface area (Å²) in [5.74, 6) is 0.137. The van der Waals surface area contributed by atoms with E-state index < -0.39 is 0 Å². The van der Waals surface area contributed by atoms with Crippen LogP contribution in [0.3, 0.4) is 0 Å². The number of nitrogens with one attached hydrogen (secondary N) is 1. The van der Waals surface area contributed by atoms with E-state index in [1.807, 2.05) is 49.3 Å². The SMILES string of the molecule is CSc1ccc(CC(=O)N2CCCN(C(=O)NC(C)C)CC2)cc1. The molecule has 24 heavy (non-hydrogen) atoms. The Labute approximate surface area is 148 Å². The fourth-order valence-corrected chi connectivity index (χ4v) is 3.15. The van der Waals surface area contributed by atoms with Crippen molar-refractivity contribution < 1.29 is 9.59 Å². The summed E-state index contributed by atoms with van der Waals surface area (Å²) < 4.78 is 0. The van der Waals surface area contributed by atoms with E-state index in [0.29, 0.717) is 32.6 Å². The molecule has 0 unspecified atom stereocenters. The summed E-state index contributed by atoms with van der Waals surface area (Å²) in [5.41, 5.74) is 1.04. The Balaban J connectivity index is 1.88. The highest BCUT2D eigenvalue weighted by molar-refractivity contribution is 7.98. The van der Waals surface area contributed by atoms with Gasteiger partial charge < -0.3 is 15.1 Å². The molecule has 0 atom stereocenters. The molecule has 1 saturated heterocycles. The predicted octanol–water partition coefficient (Wildman–Crippen LogP) is 2.60. The van der Waals surface area contributed by atoms with Crippen molar-refractivity contribution in [1.29, 1.82) is 0 Å². The lowest BCUT2D eigenvalue weighted by atomic mass is 10.1. The van der Waals surface area contributed by atoms with Crippen LogP contribution >= 0.6 is 11.8 Å². The van der Waals surface area contributed by atoms with Crippen molar-refractivity contribution in [3.05, 3.63) is 29.8 Å². The second-order valence-corrected chi connectivity index (χ2v) is 7.23. The summed E-state index contributed by atoms with van der Waals surface area (Å²) in [6.45, 7) is 6.52. The first-order valence-corrected chi connectivity index (χ1v) is 9.68. The third-order valence-corrected chi connectivity index (χ3v) is 4.81. The van der Waals surface area contributed by atoms with E-state index >= 15 is 0 Å². The molecule has 1 fully saturated rings. The minimum Gasteiger partial charge on any atom is -0.341 e. The third-order valence-electron chi connectivity index (χ3n) is 4.06. The fourth-order valence-electron chi connectivity index (χ4n) is 2.74. The van der Waals surface area contributed by atoms with Gasteiger partial charge in [-0.05, 0) is 44.2 Å². The summed E-state index contributed by atoms with van der Waals surface area (Å²) in [6.07, 6.45) is 3.29. The topological polar surface area (TPSA) is 52.7 Å². The first-order chi connectivity index (χ1) is 11.5. The molecule has 1 aromatic carbocycles. The predicted molar refractivity (Wildman–Crippen MR) is 98.4 cm³/mol. The van der Waals surface area contributed by atoms with Crippen LogP contribution in [0, 0.1) is 0 Å². The second kappa shape index (κ2) is 8.97. The summed E-state index contributed by atoms with van der Waals surface area (Å²) >= 11 is 1.70. The van der Waals surface area contributed by atoms with Gasteiger partial charge >= 0.3 is 6.03 Å². The Morgan fingerprint density at radius 3 is 2.33 bits per heavy atom. The lowest BCUT2D eigenvalue weighted by molar-refractivity contribution is -0.130. The van der Waals surface area contributed by atoms with E-state index in [0.717, 1.165) is 12.0 Å². The van der Waals surface area contributed by atoms with Crippen molar-refractivity contribution in [2.75, 3.05) is 32.4 Å². The van der Waals surface area contributed by atoms with Crippen LogP contribution in [-0.2, 0) is 11.2 Å². The quantitative estimate of drug-likeness (QED) is 0.850. The zero-order chi connectivity index (χ0) is 17.5. The van der Waals surface area contributed by atoms with Gasteiger partial charge in [0.05, 0.1) is 6.42 Å². The summed E-state index contributed by atoms with van der Waals surface area (Å²) in [7, 11) is 0. The van der Waals surface area contributed by atoms with Gasteiger partial charge in [0.15, 0.2) is 0 Å². The molecule has 3 amide bonds. The number of hydrogen-bond donors (Lipinski definition) is 1. The maximum absolute atomic E-state index is 12.5. The van der Waals surface area contributed by atoms with Crippen LogP contribution in [0.4, 0.5) is 4.79 Å².